The number of benzene rings is 1. The lowest BCUT2D eigenvalue weighted by Gasteiger charge is -2.29. The van der Waals surface area contributed by atoms with Crippen molar-refractivity contribution < 1.29 is 9.53 Å². The SMILES string of the molecule is N#CC(C(=O)Nc1ccccc1)=C(N)N1CCOCC1. The van der Waals surface area contributed by atoms with Crippen molar-refractivity contribution in [3.63, 3.8) is 0 Å². The van der Waals surface area contributed by atoms with Crippen LogP contribution in [0.1, 0.15) is 0 Å². The van der Waals surface area contributed by atoms with E-state index < -0.39 is 5.91 Å². The van der Waals surface area contributed by atoms with Gasteiger partial charge in [0.25, 0.3) is 5.91 Å². The summed E-state index contributed by atoms with van der Waals surface area (Å²) in [5, 5.41) is 11.8. The first-order valence-corrected chi connectivity index (χ1v) is 6.31. The van der Waals surface area contributed by atoms with Gasteiger partial charge in [0.05, 0.1) is 13.2 Å². The molecule has 2 rings (SSSR count). The number of morpholine rings is 1. The molecule has 0 atom stereocenters. The van der Waals surface area contributed by atoms with E-state index in [0.29, 0.717) is 32.0 Å². The zero-order chi connectivity index (χ0) is 14.4. The van der Waals surface area contributed by atoms with Crippen LogP contribution in [0.25, 0.3) is 0 Å². The molecule has 3 N–H and O–H groups in total. The van der Waals surface area contributed by atoms with E-state index in [1.165, 1.54) is 0 Å². The number of carbonyl (C=O) groups is 1. The van der Waals surface area contributed by atoms with Crippen LogP contribution in [0.2, 0.25) is 0 Å². The molecule has 1 aromatic rings. The quantitative estimate of drug-likeness (QED) is 0.622. The second-order valence-corrected chi connectivity index (χ2v) is 4.29. The van der Waals surface area contributed by atoms with Crippen LogP contribution in [-0.2, 0) is 9.53 Å². The predicted molar refractivity (Wildman–Crippen MR) is 74.3 cm³/mol. The summed E-state index contributed by atoms with van der Waals surface area (Å²) in [6.45, 7) is 2.24. The maximum Gasteiger partial charge on any atom is 0.270 e. The number of hydrogen-bond donors (Lipinski definition) is 2. The molecule has 0 unspecified atom stereocenters. The maximum absolute atomic E-state index is 12.1. The van der Waals surface area contributed by atoms with Crippen LogP contribution >= 0.6 is 0 Å². The smallest absolute Gasteiger partial charge is 0.270 e. The zero-order valence-electron chi connectivity index (χ0n) is 11.0. The Morgan fingerprint density at radius 1 is 1.30 bits per heavy atom. The number of hydrogen-bond acceptors (Lipinski definition) is 5. The molecule has 0 bridgehead atoms. The van der Waals surface area contributed by atoms with Crippen molar-refractivity contribution in [1.82, 2.24) is 4.90 Å². The monoisotopic (exact) mass is 272 g/mol. The summed E-state index contributed by atoms with van der Waals surface area (Å²) in [6.07, 6.45) is 0. The van der Waals surface area contributed by atoms with E-state index in [-0.39, 0.29) is 11.4 Å². The van der Waals surface area contributed by atoms with E-state index in [9.17, 15) is 4.79 Å². The Hall–Kier alpha value is -2.52. The lowest BCUT2D eigenvalue weighted by atomic mass is 10.2. The van der Waals surface area contributed by atoms with E-state index >= 15 is 0 Å². The zero-order valence-corrected chi connectivity index (χ0v) is 11.0. The number of nitrogens with one attached hydrogen (secondary N) is 1. The van der Waals surface area contributed by atoms with Crippen LogP contribution in [0.4, 0.5) is 5.69 Å². The first-order valence-electron chi connectivity index (χ1n) is 6.31. The van der Waals surface area contributed by atoms with Crippen LogP contribution in [0.3, 0.4) is 0 Å². The van der Waals surface area contributed by atoms with Gasteiger partial charge in [-0.1, -0.05) is 18.2 Å². The van der Waals surface area contributed by atoms with Crippen molar-refractivity contribution in [2.24, 2.45) is 5.73 Å². The van der Waals surface area contributed by atoms with Crippen molar-refractivity contribution in [2.45, 2.75) is 0 Å². The number of rotatable bonds is 3. The third kappa shape index (κ3) is 3.28. The lowest BCUT2D eigenvalue weighted by Crippen LogP contribution is -2.40. The van der Waals surface area contributed by atoms with Gasteiger partial charge in [-0.2, -0.15) is 5.26 Å². The van der Waals surface area contributed by atoms with Gasteiger partial charge in [0.1, 0.15) is 11.9 Å². The van der Waals surface area contributed by atoms with E-state index in [1.807, 2.05) is 12.1 Å². The highest BCUT2D eigenvalue weighted by Gasteiger charge is 2.20. The van der Waals surface area contributed by atoms with Crippen molar-refractivity contribution in [1.29, 1.82) is 5.26 Å². The largest absolute Gasteiger partial charge is 0.384 e. The van der Waals surface area contributed by atoms with Gasteiger partial charge in [0, 0.05) is 18.8 Å². The molecule has 20 heavy (non-hydrogen) atoms. The Bertz CT molecular complexity index is 542. The first-order chi connectivity index (χ1) is 9.72. The normalized spacial score (nSPS) is 16.1. The highest BCUT2D eigenvalue weighted by Crippen LogP contribution is 2.11. The minimum Gasteiger partial charge on any atom is -0.384 e. The molecule has 1 aliphatic rings. The molecule has 1 aliphatic heterocycles. The molecule has 1 heterocycles. The molecule has 0 saturated carbocycles. The summed E-state index contributed by atoms with van der Waals surface area (Å²) in [5.41, 5.74) is 6.48. The maximum atomic E-state index is 12.1. The van der Waals surface area contributed by atoms with Gasteiger partial charge in [0.2, 0.25) is 0 Å². The summed E-state index contributed by atoms with van der Waals surface area (Å²) in [5.74, 6) is -0.299. The van der Waals surface area contributed by atoms with Crippen LogP contribution in [0.5, 0.6) is 0 Å². The van der Waals surface area contributed by atoms with Crippen LogP contribution in [0.15, 0.2) is 41.7 Å². The van der Waals surface area contributed by atoms with Crippen molar-refractivity contribution >= 4 is 11.6 Å². The number of nitrogens with zero attached hydrogens (tertiary/aromatic N) is 2. The Morgan fingerprint density at radius 2 is 1.95 bits per heavy atom. The molecule has 0 aliphatic carbocycles. The van der Waals surface area contributed by atoms with Crippen molar-refractivity contribution in [2.75, 3.05) is 31.6 Å². The first kappa shape index (κ1) is 13.9. The summed E-state index contributed by atoms with van der Waals surface area (Å²) in [6, 6.07) is 10.8. The summed E-state index contributed by atoms with van der Waals surface area (Å²) in [4.78, 5) is 13.9. The predicted octanol–water partition coefficient (Wildman–Crippen LogP) is 0.651. The van der Waals surface area contributed by atoms with Gasteiger partial charge < -0.3 is 20.7 Å². The number of para-hydroxylation sites is 1. The molecule has 1 aromatic carbocycles. The van der Waals surface area contributed by atoms with Crippen molar-refractivity contribution in [3.8, 4) is 6.07 Å². The number of anilines is 1. The number of nitriles is 1. The lowest BCUT2D eigenvalue weighted by molar-refractivity contribution is -0.112. The van der Waals surface area contributed by atoms with E-state index in [1.54, 1.807) is 29.2 Å². The number of nitrogens with two attached hydrogens (primary N) is 1. The van der Waals surface area contributed by atoms with E-state index in [2.05, 4.69) is 5.32 Å². The third-order valence-corrected chi connectivity index (χ3v) is 2.98. The molecular formula is C14H16N4O2. The standard InChI is InChI=1S/C14H16N4O2/c15-10-12(13(16)18-6-8-20-9-7-18)14(19)17-11-4-2-1-3-5-11/h1-5H,6-9,16H2,(H,17,19). The van der Waals surface area contributed by atoms with Crippen LogP contribution in [-0.4, -0.2) is 37.1 Å². The molecule has 1 saturated heterocycles. The fraction of sp³-hybridized carbons (Fsp3) is 0.286. The second kappa shape index (κ2) is 6.59. The second-order valence-electron chi connectivity index (χ2n) is 4.29. The van der Waals surface area contributed by atoms with Gasteiger partial charge in [-0.3, -0.25) is 4.79 Å². The Balaban J connectivity index is 2.14. The van der Waals surface area contributed by atoms with E-state index in [0.717, 1.165) is 0 Å². The Morgan fingerprint density at radius 3 is 2.55 bits per heavy atom. The van der Waals surface area contributed by atoms with Gasteiger partial charge in [-0.25, -0.2) is 0 Å². The average molecular weight is 272 g/mol. The molecule has 6 heteroatoms. The molecule has 104 valence electrons. The minimum atomic E-state index is -0.498. The van der Waals surface area contributed by atoms with Crippen LogP contribution in [0, 0.1) is 11.3 Å². The molecule has 1 fully saturated rings. The molecule has 0 radical (unpaired) electrons. The third-order valence-electron chi connectivity index (χ3n) is 2.98. The van der Waals surface area contributed by atoms with Gasteiger partial charge in [0.15, 0.2) is 5.57 Å². The topological polar surface area (TPSA) is 91.4 Å². The minimum absolute atomic E-state index is 0.0734. The number of ether oxygens (including phenoxy) is 1. The van der Waals surface area contributed by atoms with Gasteiger partial charge in [-0.05, 0) is 12.1 Å². The molecule has 1 amide bonds. The molecule has 0 spiro atoms. The fourth-order valence-corrected chi connectivity index (χ4v) is 1.90. The molecule has 6 nitrogen and oxygen atoms in total. The van der Waals surface area contributed by atoms with Crippen LogP contribution < -0.4 is 11.1 Å². The highest BCUT2D eigenvalue weighted by atomic mass is 16.5. The summed E-state index contributed by atoms with van der Waals surface area (Å²) in [7, 11) is 0. The van der Waals surface area contributed by atoms with Crippen molar-refractivity contribution in [3.05, 3.63) is 41.7 Å². The Kier molecular flexibility index (Phi) is 4.58. The van der Waals surface area contributed by atoms with Gasteiger partial charge >= 0.3 is 0 Å². The fourth-order valence-electron chi connectivity index (χ4n) is 1.90. The number of carbonyl (C=O) groups excluding carboxylic acids is 1. The average Bonchev–Trinajstić information content (AvgIpc) is 2.49. The highest BCUT2D eigenvalue weighted by molar-refractivity contribution is 6.06. The van der Waals surface area contributed by atoms with Gasteiger partial charge in [-0.15, -0.1) is 0 Å². The number of amides is 1. The van der Waals surface area contributed by atoms with E-state index in [4.69, 9.17) is 15.7 Å². The summed E-state index contributed by atoms with van der Waals surface area (Å²) < 4.78 is 5.22. The Labute approximate surface area is 117 Å². The molecular weight excluding hydrogens is 256 g/mol. The molecule has 0 aromatic heterocycles. The summed E-state index contributed by atoms with van der Waals surface area (Å²) >= 11 is 0.